The normalized spacial score (nSPS) is 12.6. The summed E-state index contributed by atoms with van der Waals surface area (Å²) in [6, 6.07) is 7.95. The van der Waals surface area contributed by atoms with Crippen LogP contribution in [-0.4, -0.2) is 23.4 Å². The number of aromatic hydroxyl groups is 1. The van der Waals surface area contributed by atoms with Crippen LogP contribution in [0.2, 0.25) is 0 Å². The molecule has 1 aromatic heterocycles. The van der Waals surface area contributed by atoms with Crippen LogP contribution in [0.15, 0.2) is 29.6 Å². The van der Waals surface area contributed by atoms with Gasteiger partial charge in [-0.15, -0.1) is 0 Å². The van der Waals surface area contributed by atoms with Gasteiger partial charge in [-0.2, -0.15) is 0 Å². The van der Waals surface area contributed by atoms with E-state index in [1.54, 1.807) is 0 Å². The molecule has 0 radical (unpaired) electrons. The molecule has 0 fully saturated rings. The van der Waals surface area contributed by atoms with Crippen LogP contribution in [0.3, 0.4) is 0 Å². The molecule has 0 atom stereocenters. The van der Waals surface area contributed by atoms with Gasteiger partial charge in [0.2, 0.25) is 0 Å². The summed E-state index contributed by atoms with van der Waals surface area (Å²) >= 11 is 0. The molecule has 0 spiro atoms. The lowest BCUT2D eigenvalue weighted by atomic mass is 10.1. The molecule has 16 heavy (non-hydrogen) atoms. The van der Waals surface area contributed by atoms with Crippen LogP contribution in [0.1, 0.15) is 12.5 Å². The molecular formula is C13H16NOP. The molecule has 1 heterocycles. The predicted octanol–water partition coefficient (Wildman–Crippen LogP) is 3.98. The lowest BCUT2D eigenvalue weighted by Gasteiger charge is -2.05. The number of aromatic nitrogens is 1. The molecule has 0 amide bonds. The number of rotatable bonds is 2. The van der Waals surface area contributed by atoms with E-state index in [0.29, 0.717) is 0 Å². The first kappa shape index (κ1) is 11.2. The number of hydrogen-bond acceptors (Lipinski definition) is 1. The first-order chi connectivity index (χ1) is 7.59. The highest BCUT2D eigenvalue weighted by molar-refractivity contribution is 7.60. The average molecular weight is 233 g/mol. The molecule has 0 saturated carbocycles. The molecular weight excluding hydrogens is 217 g/mol. The lowest BCUT2D eigenvalue weighted by molar-refractivity contribution is 0.457. The fourth-order valence-corrected chi connectivity index (χ4v) is 2.02. The topological polar surface area (TPSA) is 36.0 Å². The van der Waals surface area contributed by atoms with E-state index in [0.717, 1.165) is 16.5 Å². The SMILES string of the molecule is CC(=Cc1c(O)[nH]c2ccccc12)P(C)C. The van der Waals surface area contributed by atoms with E-state index in [9.17, 15) is 5.11 Å². The third-order valence-corrected chi connectivity index (χ3v) is 4.32. The molecule has 2 N–H and O–H groups in total. The van der Waals surface area contributed by atoms with Gasteiger partial charge in [-0.1, -0.05) is 26.1 Å². The zero-order chi connectivity index (χ0) is 11.7. The van der Waals surface area contributed by atoms with Crippen molar-refractivity contribution in [2.75, 3.05) is 13.3 Å². The van der Waals surface area contributed by atoms with Crippen molar-refractivity contribution in [3.63, 3.8) is 0 Å². The Morgan fingerprint density at radius 1 is 1.31 bits per heavy atom. The minimum atomic E-state index is -0.0981. The van der Waals surface area contributed by atoms with Crippen LogP contribution in [0.4, 0.5) is 0 Å². The van der Waals surface area contributed by atoms with E-state index in [1.165, 1.54) is 5.31 Å². The largest absolute Gasteiger partial charge is 0.494 e. The molecule has 0 aliphatic rings. The number of fused-ring (bicyclic) bond motifs is 1. The summed E-state index contributed by atoms with van der Waals surface area (Å²) in [5.74, 6) is 0.261. The zero-order valence-corrected chi connectivity index (χ0v) is 10.7. The second-order valence-electron chi connectivity index (χ2n) is 4.11. The van der Waals surface area contributed by atoms with E-state index < -0.39 is 0 Å². The van der Waals surface area contributed by atoms with E-state index in [1.807, 2.05) is 24.3 Å². The van der Waals surface area contributed by atoms with E-state index in [-0.39, 0.29) is 13.8 Å². The number of benzene rings is 1. The van der Waals surface area contributed by atoms with Crippen molar-refractivity contribution < 1.29 is 5.11 Å². The Bertz CT molecular complexity index is 540. The van der Waals surface area contributed by atoms with Crippen molar-refractivity contribution >= 4 is 24.9 Å². The highest BCUT2D eigenvalue weighted by atomic mass is 31.1. The maximum atomic E-state index is 9.87. The molecule has 0 aliphatic carbocycles. The fraction of sp³-hybridized carbons (Fsp3) is 0.231. The number of aromatic amines is 1. The van der Waals surface area contributed by atoms with Crippen LogP contribution >= 0.6 is 7.92 Å². The van der Waals surface area contributed by atoms with E-state index in [2.05, 4.69) is 31.3 Å². The van der Waals surface area contributed by atoms with Gasteiger partial charge in [0.05, 0.1) is 0 Å². The Kier molecular flexibility index (Phi) is 3.02. The lowest BCUT2D eigenvalue weighted by Crippen LogP contribution is -1.74. The monoisotopic (exact) mass is 233 g/mol. The first-order valence-corrected chi connectivity index (χ1v) is 7.48. The van der Waals surface area contributed by atoms with Gasteiger partial charge in [0.15, 0.2) is 5.88 Å². The number of para-hydroxylation sites is 1. The predicted molar refractivity (Wildman–Crippen MR) is 72.4 cm³/mol. The maximum absolute atomic E-state index is 9.87. The summed E-state index contributed by atoms with van der Waals surface area (Å²) in [4.78, 5) is 2.99. The average Bonchev–Trinajstić information content (AvgIpc) is 2.55. The summed E-state index contributed by atoms with van der Waals surface area (Å²) in [6.07, 6.45) is 2.08. The Labute approximate surface area is 96.8 Å². The Morgan fingerprint density at radius 2 is 2.00 bits per heavy atom. The minimum Gasteiger partial charge on any atom is -0.494 e. The van der Waals surface area contributed by atoms with Crippen molar-refractivity contribution in [1.82, 2.24) is 4.98 Å². The number of hydrogen-bond donors (Lipinski definition) is 2. The summed E-state index contributed by atoms with van der Waals surface area (Å²) in [7, 11) is -0.0981. The Morgan fingerprint density at radius 3 is 2.69 bits per heavy atom. The molecule has 3 heteroatoms. The Hall–Kier alpha value is -1.27. The summed E-state index contributed by atoms with van der Waals surface area (Å²) in [6.45, 7) is 6.55. The first-order valence-electron chi connectivity index (χ1n) is 5.25. The third kappa shape index (κ3) is 1.98. The van der Waals surface area contributed by atoms with E-state index >= 15 is 0 Å². The summed E-state index contributed by atoms with van der Waals surface area (Å²) in [5.41, 5.74) is 1.89. The van der Waals surface area contributed by atoms with Crippen molar-refractivity contribution in [2.45, 2.75) is 6.92 Å². The van der Waals surface area contributed by atoms with Gasteiger partial charge in [-0.25, -0.2) is 0 Å². The molecule has 0 bridgehead atoms. The van der Waals surface area contributed by atoms with E-state index in [4.69, 9.17) is 0 Å². The summed E-state index contributed by atoms with van der Waals surface area (Å²) < 4.78 is 0. The maximum Gasteiger partial charge on any atom is 0.196 e. The molecule has 0 saturated heterocycles. The smallest absolute Gasteiger partial charge is 0.196 e. The molecule has 2 nitrogen and oxygen atoms in total. The molecule has 2 rings (SSSR count). The summed E-state index contributed by atoms with van der Waals surface area (Å²) in [5, 5.41) is 12.3. The minimum absolute atomic E-state index is 0.0981. The number of nitrogens with one attached hydrogen (secondary N) is 1. The molecule has 0 unspecified atom stereocenters. The zero-order valence-electron chi connectivity index (χ0n) is 9.78. The second kappa shape index (κ2) is 4.31. The van der Waals surface area contributed by atoms with Gasteiger partial charge < -0.3 is 10.1 Å². The highest BCUT2D eigenvalue weighted by Gasteiger charge is 2.08. The van der Waals surface area contributed by atoms with Crippen LogP contribution in [0.5, 0.6) is 5.88 Å². The van der Waals surface area contributed by atoms with Gasteiger partial charge in [0.1, 0.15) is 0 Å². The number of allylic oxidation sites excluding steroid dienone is 1. The van der Waals surface area contributed by atoms with Crippen LogP contribution in [0.25, 0.3) is 17.0 Å². The second-order valence-corrected chi connectivity index (χ2v) is 6.61. The van der Waals surface area contributed by atoms with Crippen LogP contribution in [-0.2, 0) is 0 Å². The van der Waals surface area contributed by atoms with Gasteiger partial charge >= 0.3 is 0 Å². The third-order valence-electron chi connectivity index (χ3n) is 2.78. The van der Waals surface area contributed by atoms with Crippen LogP contribution < -0.4 is 0 Å². The van der Waals surface area contributed by atoms with Crippen molar-refractivity contribution in [3.05, 3.63) is 35.1 Å². The van der Waals surface area contributed by atoms with Gasteiger partial charge in [-0.05, 0) is 37.7 Å². The van der Waals surface area contributed by atoms with Crippen molar-refractivity contribution in [2.24, 2.45) is 0 Å². The van der Waals surface area contributed by atoms with Crippen molar-refractivity contribution in [3.8, 4) is 5.88 Å². The number of H-pyrrole nitrogens is 1. The Balaban J connectivity index is 2.60. The molecule has 2 aromatic rings. The highest BCUT2D eigenvalue weighted by Crippen LogP contribution is 2.39. The molecule has 0 aliphatic heterocycles. The standard InChI is InChI=1S/C13H16NOP/c1-9(16(2)3)8-11-10-6-4-5-7-12(10)14-13(11)15/h4-8,14-15H,1-3H3. The van der Waals surface area contributed by atoms with Gasteiger partial charge in [0, 0.05) is 16.5 Å². The van der Waals surface area contributed by atoms with Gasteiger partial charge in [0.25, 0.3) is 0 Å². The van der Waals surface area contributed by atoms with Crippen molar-refractivity contribution in [1.29, 1.82) is 0 Å². The van der Waals surface area contributed by atoms with Gasteiger partial charge in [-0.3, -0.25) is 0 Å². The fourth-order valence-electron chi connectivity index (χ4n) is 1.63. The molecule has 1 aromatic carbocycles. The van der Waals surface area contributed by atoms with Crippen LogP contribution in [0, 0.1) is 0 Å². The quantitative estimate of drug-likeness (QED) is 0.756. The molecule has 84 valence electrons.